The van der Waals surface area contributed by atoms with Gasteiger partial charge in [0.1, 0.15) is 5.75 Å². The van der Waals surface area contributed by atoms with Crippen LogP contribution >= 0.6 is 15.9 Å². The molecular formula is C13H17BrN2O3. The number of benzene rings is 1. The number of halogens is 1. The molecule has 0 radical (unpaired) electrons. The summed E-state index contributed by atoms with van der Waals surface area (Å²) in [6.07, 6.45) is 0.0201. The van der Waals surface area contributed by atoms with E-state index in [1.165, 1.54) is 6.07 Å². The second-order valence-corrected chi connectivity index (χ2v) is 5.40. The number of likely N-dealkylation sites (N-methyl/N-ethyl adjacent to an activating group) is 1. The van der Waals surface area contributed by atoms with Crippen LogP contribution in [0.15, 0.2) is 22.7 Å². The quantitative estimate of drug-likeness (QED) is 0.875. The van der Waals surface area contributed by atoms with E-state index in [9.17, 15) is 9.90 Å². The summed E-state index contributed by atoms with van der Waals surface area (Å²) < 4.78 is 6.14. The SMILES string of the molecule is CN(CC1CNCCO1)C(=O)c1ccc(Br)c(O)c1. The molecule has 1 heterocycles. The van der Waals surface area contributed by atoms with Crippen molar-refractivity contribution in [1.29, 1.82) is 0 Å². The Balaban J connectivity index is 1.99. The molecule has 6 heteroatoms. The van der Waals surface area contributed by atoms with Gasteiger partial charge in [-0.05, 0) is 34.1 Å². The van der Waals surface area contributed by atoms with Gasteiger partial charge in [0.15, 0.2) is 0 Å². The molecule has 0 spiro atoms. The number of aromatic hydroxyl groups is 1. The predicted molar refractivity (Wildman–Crippen MR) is 75.4 cm³/mol. The molecule has 1 aliphatic rings. The zero-order valence-corrected chi connectivity index (χ0v) is 12.3. The van der Waals surface area contributed by atoms with Crippen LogP contribution in [0.25, 0.3) is 0 Å². The van der Waals surface area contributed by atoms with Crippen molar-refractivity contribution in [2.75, 3.05) is 33.3 Å². The van der Waals surface area contributed by atoms with Crippen LogP contribution < -0.4 is 5.32 Å². The summed E-state index contributed by atoms with van der Waals surface area (Å²) in [6, 6.07) is 4.81. The van der Waals surface area contributed by atoms with Gasteiger partial charge in [-0.3, -0.25) is 4.79 Å². The van der Waals surface area contributed by atoms with Crippen LogP contribution in [0, 0.1) is 0 Å². The standard InChI is InChI=1S/C13H17BrN2O3/c1-16(8-10-7-15-4-5-19-10)13(18)9-2-3-11(14)12(17)6-9/h2-3,6,10,15,17H,4-5,7-8H2,1H3. The molecule has 19 heavy (non-hydrogen) atoms. The van der Waals surface area contributed by atoms with Gasteiger partial charge in [-0.15, -0.1) is 0 Å². The first kappa shape index (κ1) is 14.3. The fourth-order valence-electron chi connectivity index (χ4n) is 1.99. The Morgan fingerprint density at radius 1 is 1.63 bits per heavy atom. The van der Waals surface area contributed by atoms with E-state index in [0.29, 0.717) is 23.2 Å². The largest absolute Gasteiger partial charge is 0.507 e. The molecule has 1 fully saturated rings. The van der Waals surface area contributed by atoms with Crippen molar-refractivity contribution in [2.45, 2.75) is 6.10 Å². The molecule has 1 aromatic carbocycles. The van der Waals surface area contributed by atoms with Gasteiger partial charge in [0.05, 0.1) is 17.2 Å². The number of nitrogens with one attached hydrogen (secondary N) is 1. The molecular weight excluding hydrogens is 312 g/mol. The lowest BCUT2D eigenvalue weighted by atomic mass is 10.2. The molecule has 1 atom stereocenters. The van der Waals surface area contributed by atoms with E-state index in [4.69, 9.17) is 4.74 Å². The smallest absolute Gasteiger partial charge is 0.253 e. The highest BCUT2D eigenvalue weighted by Gasteiger charge is 2.20. The third kappa shape index (κ3) is 3.68. The Morgan fingerprint density at radius 3 is 3.05 bits per heavy atom. The maximum absolute atomic E-state index is 12.2. The minimum absolute atomic E-state index is 0.0201. The topological polar surface area (TPSA) is 61.8 Å². The summed E-state index contributed by atoms with van der Waals surface area (Å²) in [5.74, 6) is -0.0631. The van der Waals surface area contributed by atoms with Gasteiger partial charge < -0.3 is 20.1 Å². The Bertz CT molecular complexity index is 461. The molecule has 2 N–H and O–H groups in total. The maximum Gasteiger partial charge on any atom is 0.253 e. The normalized spacial score (nSPS) is 19.2. The zero-order valence-electron chi connectivity index (χ0n) is 10.7. The number of ether oxygens (including phenoxy) is 1. The second kappa shape index (κ2) is 6.36. The van der Waals surface area contributed by atoms with E-state index in [0.717, 1.165) is 13.1 Å². The van der Waals surface area contributed by atoms with E-state index in [1.807, 2.05) is 0 Å². The molecule has 1 amide bonds. The summed E-state index contributed by atoms with van der Waals surface area (Å²) in [6.45, 7) is 2.81. The van der Waals surface area contributed by atoms with Crippen LogP contribution in [0.2, 0.25) is 0 Å². The first-order valence-electron chi connectivity index (χ1n) is 6.14. The number of carbonyl (C=O) groups is 1. The minimum atomic E-state index is -0.128. The van der Waals surface area contributed by atoms with E-state index >= 15 is 0 Å². The number of phenols is 1. The van der Waals surface area contributed by atoms with Crippen LogP contribution in [-0.2, 0) is 4.74 Å². The van der Waals surface area contributed by atoms with Gasteiger partial charge in [0.25, 0.3) is 5.91 Å². The van der Waals surface area contributed by atoms with Gasteiger partial charge in [-0.1, -0.05) is 0 Å². The highest BCUT2D eigenvalue weighted by molar-refractivity contribution is 9.10. The van der Waals surface area contributed by atoms with Crippen molar-refractivity contribution in [3.63, 3.8) is 0 Å². The van der Waals surface area contributed by atoms with Crippen molar-refractivity contribution >= 4 is 21.8 Å². The van der Waals surface area contributed by atoms with E-state index in [2.05, 4.69) is 21.2 Å². The molecule has 1 aromatic rings. The van der Waals surface area contributed by atoms with E-state index in [-0.39, 0.29) is 17.8 Å². The summed E-state index contributed by atoms with van der Waals surface area (Å²) in [5, 5.41) is 12.8. The number of carbonyl (C=O) groups excluding carboxylic acids is 1. The maximum atomic E-state index is 12.2. The van der Waals surface area contributed by atoms with Crippen molar-refractivity contribution in [3.8, 4) is 5.75 Å². The van der Waals surface area contributed by atoms with Gasteiger partial charge in [0, 0.05) is 32.2 Å². The number of hydrogen-bond acceptors (Lipinski definition) is 4. The number of phenolic OH excluding ortho intramolecular Hbond substituents is 1. The van der Waals surface area contributed by atoms with Crippen LogP contribution in [0.4, 0.5) is 0 Å². The van der Waals surface area contributed by atoms with Gasteiger partial charge in [-0.2, -0.15) is 0 Å². The van der Waals surface area contributed by atoms with Crippen LogP contribution in [-0.4, -0.2) is 55.3 Å². The van der Waals surface area contributed by atoms with Gasteiger partial charge in [-0.25, -0.2) is 0 Å². The average Bonchev–Trinajstić information content (AvgIpc) is 2.42. The van der Waals surface area contributed by atoms with Crippen LogP contribution in [0.5, 0.6) is 5.75 Å². The first-order valence-corrected chi connectivity index (χ1v) is 6.93. The van der Waals surface area contributed by atoms with Crippen LogP contribution in [0.1, 0.15) is 10.4 Å². The minimum Gasteiger partial charge on any atom is -0.507 e. The van der Waals surface area contributed by atoms with Crippen molar-refractivity contribution in [1.82, 2.24) is 10.2 Å². The lowest BCUT2D eigenvalue weighted by molar-refractivity contribution is 0.0104. The van der Waals surface area contributed by atoms with Crippen molar-refractivity contribution < 1.29 is 14.6 Å². The number of nitrogens with zero attached hydrogens (tertiary/aromatic N) is 1. The molecule has 0 aromatic heterocycles. The van der Waals surface area contributed by atoms with E-state index in [1.54, 1.807) is 24.1 Å². The molecule has 5 nitrogen and oxygen atoms in total. The van der Waals surface area contributed by atoms with Crippen molar-refractivity contribution in [3.05, 3.63) is 28.2 Å². The first-order chi connectivity index (χ1) is 9.08. The molecule has 0 bridgehead atoms. The molecule has 2 rings (SSSR count). The monoisotopic (exact) mass is 328 g/mol. The number of rotatable bonds is 3. The molecule has 1 aliphatic heterocycles. The van der Waals surface area contributed by atoms with E-state index < -0.39 is 0 Å². The molecule has 1 unspecified atom stereocenters. The fourth-order valence-corrected chi connectivity index (χ4v) is 2.24. The highest BCUT2D eigenvalue weighted by atomic mass is 79.9. The van der Waals surface area contributed by atoms with Gasteiger partial charge >= 0.3 is 0 Å². The fraction of sp³-hybridized carbons (Fsp3) is 0.462. The number of hydrogen-bond donors (Lipinski definition) is 2. The zero-order chi connectivity index (χ0) is 13.8. The van der Waals surface area contributed by atoms with Crippen LogP contribution in [0.3, 0.4) is 0 Å². The molecule has 0 saturated carbocycles. The van der Waals surface area contributed by atoms with Gasteiger partial charge in [0.2, 0.25) is 0 Å². The average molecular weight is 329 g/mol. The third-order valence-electron chi connectivity index (χ3n) is 3.02. The molecule has 104 valence electrons. The summed E-state index contributed by atoms with van der Waals surface area (Å²) in [7, 11) is 1.74. The summed E-state index contributed by atoms with van der Waals surface area (Å²) >= 11 is 3.19. The Hall–Kier alpha value is -1.11. The number of morpholine rings is 1. The Labute approximate surface area is 120 Å². The second-order valence-electron chi connectivity index (χ2n) is 4.55. The Morgan fingerprint density at radius 2 is 2.42 bits per heavy atom. The summed E-state index contributed by atoms with van der Waals surface area (Å²) in [4.78, 5) is 13.8. The lowest BCUT2D eigenvalue weighted by Crippen LogP contribution is -2.45. The molecule has 0 aliphatic carbocycles. The lowest BCUT2D eigenvalue weighted by Gasteiger charge is -2.28. The third-order valence-corrected chi connectivity index (χ3v) is 3.69. The number of amides is 1. The Kier molecular flexibility index (Phi) is 4.79. The predicted octanol–water partition coefficient (Wildman–Crippen LogP) is 1.22. The van der Waals surface area contributed by atoms with Crippen molar-refractivity contribution in [2.24, 2.45) is 0 Å². The highest BCUT2D eigenvalue weighted by Crippen LogP contribution is 2.24. The molecule has 1 saturated heterocycles. The summed E-state index contributed by atoms with van der Waals surface area (Å²) in [5.41, 5.74) is 0.465.